The molecule has 7 heteroatoms. The first-order valence-electron chi connectivity index (χ1n) is 14.6. The lowest BCUT2D eigenvalue weighted by atomic mass is 9.64. The van der Waals surface area contributed by atoms with E-state index in [2.05, 4.69) is 37.8 Å². The number of terminal acetylenes is 1. The van der Waals surface area contributed by atoms with E-state index in [1.807, 2.05) is 24.4 Å². The summed E-state index contributed by atoms with van der Waals surface area (Å²) >= 11 is 0. The zero-order valence-electron chi connectivity index (χ0n) is 23.2. The molecule has 0 saturated carbocycles. The van der Waals surface area contributed by atoms with Gasteiger partial charge < -0.3 is 19.4 Å². The Labute approximate surface area is 235 Å². The standard InChI is InChI=1S/C33H36N4O3/c1-3-23-19-26-27(20-29(23)37-10-6-24(7-11-37)36-12-16-40-17-13-36)33(8-14-39-15-9-33)32-30(31(26)38)25-5-4-22(21-34-2)18-28(25)35-32/h1,4-5,18-21,24,35H,6-17H2,2H3. The summed E-state index contributed by atoms with van der Waals surface area (Å²) in [4.78, 5) is 27.1. The van der Waals surface area contributed by atoms with Gasteiger partial charge in [0.15, 0.2) is 5.78 Å². The molecular weight excluding hydrogens is 500 g/mol. The predicted molar refractivity (Wildman–Crippen MR) is 158 cm³/mol. The molecule has 7 nitrogen and oxygen atoms in total. The van der Waals surface area contributed by atoms with Crippen LogP contribution >= 0.6 is 0 Å². The van der Waals surface area contributed by atoms with Gasteiger partial charge in [-0.05, 0) is 55.0 Å². The molecule has 1 aliphatic carbocycles. The van der Waals surface area contributed by atoms with E-state index in [1.54, 1.807) is 7.05 Å². The minimum atomic E-state index is -0.317. The molecule has 3 fully saturated rings. The lowest BCUT2D eigenvalue weighted by molar-refractivity contribution is 0.0115. The van der Waals surface area contributed by atoms with E-state index in [9.17, 15) is 4.79 Å². The summed E-state index contributed by atoms with van der Waals surface area (Å²) in [5.41, 5.74) is 7.21. The maximum atomic E-state index is 14.2. The predicted octanol–water partition coefficient (Wildman–Crippen LogP) is 4.14. The van der Waals surface area contributed by atoms with Crippen molar-refractivity contribution in [3.8, 4) is 12.3 Å². The van der Waals surface area contributed by atoms with E-state index in [0.29, 0.717) is 19.3 Å². The van der Waals surface area contributed by atoms with Crippen LogP contribution in [0.5, 0.6) is 0 Å². The minimum Gasteiger partial charge on any atom is -0.381 e. The Morgan fingerprint density at radius 2 is 1.80 bits per heavy atom. The van der Waals surface area contributed by atoms with E-state index >= 15 is 0 Å². The molecule has 1 spiro atoms. The third-order valence-corrected chi connectivity index (χ3v) is 9.57. The second-order valence-corrected chi connectivity index (χ2v) is 11.5. The Hall–Kier alpha value is -3.44. The molecule has 0 radical (unpaired) electrons. The highest BCUT2D eigenvalue weighted by atomic mass is 16.5. The fourth-order valence-corrected chi connectivity index (χ4v) is 7.51. The number of carbonyl (C=O) groups is 1. The molecule has 7 rings (SSSR count). The van der Waals surface area contributed by atoms with Gasteiger partial charge in [-0.3, -0.25) is 14.7 Å². The first-order chi connectivity index (χ1) is 19.6. The molecule has 4 heterocycles. The number of hydrogen-bond donors (Lipinski definition) is 1. The minimum absolute atomic E-state index is 0.0550. The second-order valence-electron chi connectivity index (χ2n) is 11.5. The summed E-state index contributed by atoms with van der Waals surface area (Å²) in [6, 6.07) is 11.0. The summed E-state index contributed by atoms with van der Waals surface area (Å²) in [5, 5.41) is 0.960. The lowest BCUT2D eigenvalue weighted by Gasteiger charge is -2.43. The van der Waals surface area contributed by atoms with Gasteiger partial charge in [0, 0.05) is 91.8 Å². The van der Waals surface area contributed by atoms with Crippen molar-refractivity contribution in [3.05, 3.63) is 63.8 Å². The number of ketones is 1. The summed E-state index contributed by atoms with van der Waals surface area (Å²) in [5.74, 6) is 2.99. The van der Waals surface area contributed by atoms with Crippen molar-refractivity contribution in [1.29, 1.82) is 0 Å². The van der Waals surface area contributed by atoms with Gasteiger partial charge in [0.05, 0.1) is 24.5 Å². The Balaban J connectivity index is 1.31. The molecule has 3 aliphatic heterocycles. The van der Waals surface area contributed by atoms with Gasteiger partial charge in [0.25, 0.3) is 0 Å². The fourth-order valence-electron chi connectivity index (χ4n) is 7.51. The van der Waals surface area contributed by atoms with Crippen LogP contribution in [0, 0.1) is 12.3 Å². The van der Waals surface area contributed by atoms with Crippen molar-refractivity contribution in [1.82, 2.24) is 9.88 Å². The molecule has 3 saturated heterocycles. The van der Waals surface area contributed by atoms with Crippen LogP contribution in [0.25, 0.3) is 10.9 Å². The van der Waals surface area contributed by atoms with Crippen LogP contribution in [0.3, 0.4) is 0 Å². The second kappa shape index (κ2) is 10.2. The topological polar surface area (TPSA) is 70.2 Å². The van der Waals surface area contributed by atoms with Crippen LogP contribution in [-0.2, 0) is 14.9 Å². The molecule has 1 N–H and O–H groups in total. The number of hydrogen-bond acceptors (Lipinski definition) is 6. The van der Waals surface area contributed by atoms with Crippen LogP contribution in [0.4, 0.5) is 5.69 Å². The fraction of sp³-hybridized carbons (Fsp3) is 0.455. The molecule has 0 amide bonds. The van der Waals surface area contributed by atoms with E-state index in [-0.39, 0.29) is 11.2 Å². The molecule has 3 aromatic rings. The van der Waals surface area contributed by atoms with E-state index in [4.69, 9.17) is 15.9 Å². The molecule has 0 unspecified atom stereocenters. The number of aromatic amines is 1. The zero-order valence-corrected chi connectivity index (χ0v) is 23.2. The Morgan fingerprint density at radius 3 is 2.52 bits per heavy atom. The average molecular weight is 537 g/mol. The van der Waals surface area contributed by atoms with Crippen LogP contribution in [0.15, 0.2) is 35.3 Å². The van der Waals surface area contributed by atoms with Gasteiger partial charge in [-0.15, -0.1) is 6.42 Å². The number of fused-ring (bicyclic) bond motifs is 6. The quantitative estimate of drug-likeness (QED) is 0.403. The van der Waals surface area contributed by atoms with Crippen molar-refractivity contribution in [2.45, 2.75) is 37.1 Å². The van der Waals surface area contributed by atoms with Gasteiger partial charge >= 0.3 is 0 Å². The van der Waals surface area contributed by atoms with Gasteiger partial charge in [-0.25, -0.2) is 0 Å². The number of aromatic nitrogens is 1. The van der Waals surface area contributed by atoms with Crippen LogP contribution < -0.4 is 4.90 Å². The number of benzene rings is 2. The Morgan fingerprint density at radius 1 is 1.05 bits per heavy atom. The monoisotopic (exact) mass is 536 g/mol. The van der Waals surface area contributed by atoms with E-state index in [0.717, 1.165) is 115 Å². The highest BCUT2D eigenvalue weighted by Crippen LogP contribution is 2.50. The lowest BCUT2D eigenvalue weighted by Crippen LogP contribution is -2.49. The van der Waals surface area contributed by atoms with E-state index < -0.39 is 0 Å². The van der Waals surface area contributed by atoms with Crippen LogP contribution in [0.2, 0.25) is 0 Å². The first kappa shape index (κ1) is 25.5. The number of aliphatic imine (C=N–C) groups is 1. The highest BCUT2D eigenvalue weighted by molar-refractivity contribution is 6.20. The van der Waals surface area contributed by atoms with Gasteiger partial charge in [0.2, 0.25) is 0 Å². The number of carbonyl (C=O) groups excluding carboxylic acids is 1. The Kier molecular flexibility index (Phi) is 6.50. The zero-order chi connectivity index (χ0) is 27.3. The third-order valence-electron chi connectivity index (χ3n) is 9.57. The third kappa shape index (κ3) is 4.01. The van der Waals surface area contributed by atoms with Crippen molar-refractivity contribution in [2.24, 2.45) is 4.99 Å². The van der Waals surface area contributed by atoms with E-state index in [1.165, 1.54) is 0 Å². The number of anilines is 1. The molecule has 0 atom stereocenters. The maximum Gasteiger partial charge on any atom is 0.195 e. The molecule has 206 valence electrons. The van der Waals surface area contributed by atoms with Crippen molar-refractivity contribution in [3.63, 3.8) is 0 Å². The number of nitrogens with zero attached hydrogens (tertiary/aromatic N) is 3. The van der Waals surface area contributed by atoms with Gasteiger partial charge in [-0.2, -0.15) is 0 Å². The Bertz CT molecular complexity index is 1530. The van der Waals surface area contributed by atoms with Gasteiger partial charge in [-0.1, -0.05) is 18.1 Å². The summed E-state index contributed by atoms with van der Waals surface area (Å²) in [6.45, 7) is 6.93. The molecular formula is C33H36N4O3. The smallest absolute Gasteiger partial charge is 0.195 e. The van der Waals surface area contributed by atoms with Crippen LogP contribution in [0.1, 0.15) is 64.0 Å². The van der Waals surface area contributed by atoms with Crippen molar-refractivity contribution >= 4 is 28.6 Å². The molecule has 0 bridgehead atoms. The number of nitrogens with one attached hydrogen (secondary N) is 1. The molecule has 40 heavy (non-hydrogen) atoms. The molecule has 2 aromatic carbocycles. The van der Waals surface area contributed by atoms with Gasteiger partial charge in [0.1, 0.15) is 0 Å². The SMILES string of the molecule is C#Cc1cc2c(cc1N1CCC(N3CCOCC3)CC1)C1(CCOCC1)c1[nH]c3cc(C=NC)ccc3c1C2=O. The highest BCUT2D eigenvalue weighted by Gasteiger charge is 2.47. The van der Waals surface area contributed by atoms with Crippen molar-refractivity contribution < 1.29 is 14.3 Å². The summed E-state index contributed by atoms with van der Waals surface area (Å²) in [6.07, 6.45) is 11.8. The normalized spacial score (nSPS) is 21.6. The first-order valence-corrected chi connectivity index (χ1v) is 14.6. The molecule has 1 aromatic heterocycles. The number of morpholine rings is 1. The number of rotatable bonds is 3. The number of ether oxygens (including phenoxy) is 2. The largest absolute Gasteiger partial charge is 0.381 e. The number of piperidine rings is 1. The average Bonchev–Trinajstić information content (AvgIpc) is 3.40. The number of H-pyrrole nitrogens is 1. The summed E-state index contributed by atoms with van der Waals surface area (Å²) in [7, 11) is 1.77. The van der Waals surface area contributed by atoms with Crippen LogP contribution in [-0.4, -0.2) is 87.6 Å². The summed E-state index contributed by atoms with van der Waals surface area (Å²) < 4.78 is 11.4. The molecule has 4 aliphatic rings. The maximum absolute atomic E-state index is 14.2. The van der Waals surface area contributed by atoms with Crippen molar-refractivity contribution in [2.75, 3.05) is 64.6 Å².